The zero-order valence-corrected chi connectivity index (χ0v) is 10.2. The van der Waals surface area contributed by atoms with Crippen molar-refractivity contribution in [3.8, 4) is 0 Å². The first kappa shape index (κ1) is 16.4. The lowest BCUT2D eigenvalue weighted by Crippen LogP contribution is -1.97. The van der Waals surface area contributed by atoms with E-state index >= 15 is 0 Å². The number of nitrogens with two attached hydrogens (primary N) is 2. The Morgan fingerprint density at radius 2 is 1.00 bits per heavy atom. The Kier molecular flexibility index (Phi) is 21.8. The summed E-state index contributed by atoms with van der Waals surface area (Å²) in [6, 6.07) is 0. The van der Waals surface area contributed by atoms with Gasteiger partial charge in [-0.25, -0.2) is 0 Å². The van der Waals surface area contributed by atoms with E-state index in [-0.39, 0.29) is 0 Å². The molecule has 0 radical (unpaired) electrons. The molecule has 2 nitrogen and oxygen atoms in total. The predicted octanol–water partition coefficient (Wildman–Crippen LogP) is 3.05. The summed E-state index contributed by atoms with van der Waals surface area (Å²) >= 11 is 0. The zero-order valence-electron chi connectivity index (χ0n) is 10.2. The summed E-state index contributed by atoms with van der Waals surface area (Å²) in [4.78, 5) is 0. The third-order valence-electron chi connectivity index (χ3n) is 2.06. The average Bonchev–Trinajstić information content (AvgIpc) is 2.18. The Morgan fingerprint density at radius 3 is 1.36 bits per heavy atom. The lowest BCUT2D eigenvalue weighted by atomic mass is 10.1. The largest absolute Gasteiger partial charge is 0.331 e. The molecule has 2 heteroatoms. The van der Waals surface area contributed by atoms with Crippen molar-refractivity contribution in [2.24, 2.45) is 11.5 Å². The highest BCUT2D eigenvalue weighted by molar-refractivity contribution is 4.45. The molecule has 0 aliphatic carbocycles. The lowest BCUT2D eigenvalue weighted by Gasteiger charge is -1.99. The molecular formula is C12H30N2. The molecule has 4 N–H and O–H groups in total. The zero-order chi connectivity index (χ0) is 11.1. The Labute approximate surface area is 90.4 Å². The summed E-state index contributed by atoms with van der Waals surface area (Å²) in [6.07, 6.45) is 11.0. The van der Waals surface area contributed by atoms with Crippen molar-refractivity contribution >= 4 is 0 Å². The summed E-state index contributed by atoms with van der Waals surface area (Å²) in [5.74, 6) is 0. The number of hydrogen-bond acceptors (Lipinski definition) is 2. The second-order valence-electron chi connectivity index (χ2n) is 3.67. The Bertz CT molecular complexity index is 66.7. The molecule has 0 heterocycles. The molecule has 0 saturated carbocycles. The summed E-state index contributed by atoms with van der Waals surface area (Å²) in [6.45, 7) is 5.78. The first-order valence-electron chi connectivity index (χ1n) is 6.23. The molecule has 0 aromatic carbocycles. The highest BCUT2D eigenvalue weighted by Gasteiger charge is 1.89. The van der Waals surface area contributed by atoms with Crippen LogP contribution in [-0.4, -0.2) is 13.1 Å². The van der Waals surface area contributed by atoms with Crippen LogP contribution in [-0.2, 0) is 0 Å². The van der Waals surface area contributed by atoms with Crippen LogP contribution in [0.15, 0.2) is 0 Å². The fraction of sp³-hybridized carbons (Fsp3) is 1.00. The molecular weight excluding hydrogens is 172 g/mol. The molecule has 0 rings (SSSR count). The van der Waals surface area contributed by atoms with Crippen molar-refractivity contribution in [2.45, 2.75) is 65.2 Å². The minimum absolute atomic E-state index is 0.750. The topological polar surface area (TPSA) is 52.0 Å². The van der Waals surface area contributed by atoms with Gasteiger partial charge in [0.2, 0.25) is 0 Å². The van der Waals surface area contributed by atoms with Crippen LogP contribution in [0.5, 0.6) is 0 Å². The van der Waals surface area contributed by atoms with E-state index in [9.17, 15) is 0 Å². The first-order chi connectivity index (χ1) is 6.83. The fourth-order valence-electron chi connectivity index (χ4n) is 1.28. The molecule has 0 aliphatic rings. The van der Waals surface area contributed by atoms with Crippen LogP contribution in [0.4, 0.5) is 0 Å². The third kappa shape index (κ3) is 22.7. The van der Waals surface area contributed by atoms with Gasteiger partial charge in [-0.1, -0.05) is 58.8 Å². The van der Waals surface area contributed by atoms with Crippen molar-refractivity contribution in [1.82, 2.24) is 0 Å². The Morgan fingerprint density at radius 1 is 0.643 bits per heavy atom. The van der Waals surface area contributed by atoms with E-state index in [2.05, 4.69) is 6.92 Å². The molecule has 14 heavy (non-hydrogen) atoms. The number of rotatable bonds is 8. The third-order valence-corrected chi connectivity index (χ3v) is 2.06. The monoisotopic (exact) mass is 202 g/mol. The molecule has 88 valence electrons. The van der Waals surface area contributed by atoms with Crippen LogP contribution >= 0.6 is 0 Å². The minimum Gasteiger partial charge on any atom is -0.331 e. The van der Waals surface area contributed by atoms with Crippen LogP contribution in [0.1, 0.15) is 65.2 Å². The van der Waals surface area contributed by atoms with Crippen molar-refractivity contribution in [2.75, 3.05) is 13.1 Å². The van der Waals surface area contributed by atoms with Crippen LogP contribution in [0.3, 0.4) is 0 Å². The van der Waals surface area contributed by atoms with Gasteiger partial charge in [0.25, 0.3) is 0 Å². The maximum Gasteiger partial charge on any atom is -0.00773 e. The average molecular weight is 202 g/mol. The van der Waals surface area contributed by atoms with Gasteiger partial charge in [0.05, 0.1) is 0 Å². The van der Waals surface area contributed by atoms with Gasteiger partial charge < -0.3 is 11.5 Å². The molecule has 0 amide bonds. The maximum absolute atomic E-state index is 5.39. The van der Waals surface area contributed by atoms with Gasteiger partial charge in [-0.3, -0.25) is 0 Å². The molecule has 0 unspecified atom stereocenters. The molecule has 0 atom stereocenters. The summed E-state index contributed by atoms with van der Waals surface area (Å²) in [5.41, 5.74) is 10.2. The summed E-state index contributed by atoms with van der Waals surface area (Å²) in [7, 11) is 0. The number of unbranched alkanes of at least 4 members (excludes halogenated alkanes) is 7. The van der Waals surface area contributed by atoms with Gasteiger partial charge in [-0.15, -0.1) is 0 Å². The molecule has 0 bridgehead atoms. The van der Waals surface area contributed by atoms with Gasteiger partial charge in [-0.05, 0) is 19.5 Å². The Hall–Kier alpha value is -0.0800. The van der Waals surface area contributed by atoms with Gasteiger partial charge in [-0.2, -0.15) is 0 Å². The molecule has 0 aromatic heterocycles. The summed E-state index contributed by atoms with van der Waals surface area (Å²) in [5, 5.41) is 0. The molecule has 0 aliphatic heterocycles. The summed E-state index contributed by atoms with van der Waals surface area (Å²) < 4.78 is 0. The van der Waals surface area contributed by atoms with Crippen LogP contribution < -0.4 is 11.5 Å². The fourth-order valence-corrected chi connectivity index (χ4v) is 1.28. The van der Waals surface area contributed by atoms with Crippen LogP contribution in [0.2, 0.25) is 0 Å². The SMILES string of the molecule is CCCCCCCCCCN.CCN. The van der Waals surface area contributed by atoms with E-state index in [1.54, 1.807) is 0 Å². The van der Waals surface area contributed by atoms with E-state index in [0.717, 1.165) is 13.1 Å². The second kappa shape index (κ2) is 18.7. The standard InChI is InChI=1S/C10H23N.C2H7N/c1-2-3-4-5-6-7-8-9-10-11;1-2-3/h2-11H2,1H3;2-3H2,1H3. The van der Waals surface area contributed by atoms with Gasteiger partial charge in [0, 0.05) is 0 Å². The van der Waals surface area contributed by atoms with Crippen molar-refractivity contribution in [3.05, 3.63) is 0 Å². The molecule has 0 aromatic rings. The smallest absolute Gasteiger partial charge is 0.00773 e. The van der Waals surface area contributed by atoms with E-state index < -0.39 is 0 Å². The van der Waals surface area contributed by atoms with E-state index in [1.165, 1.54) is 51.4 Å². The highest BCUT2D eigenvalue weighted by atomic mass is 14.5. The number of hydrogen-bond donors (Lipinski definition) is 2. The van der Waals surface area contributed by atoms with E-state index in [1.807, 2.05) is 6.92 Å². The second-order valence-corrected chi connectivity index (χ2v) is 3.67. The highest BCUT2D eigenvalue weighted by Crippen LogP contribution is 2.07. The maximum atomic E-state index is 5.39. The lowest BCUT2D eigenvalue weighted by molar-refractivity contribution is 0.578. The van der Waals surface area contributed by atoms with Crippen molar-refractivity contribution in [1.29, 1.82) is 0 Å². The van der Waals surface area contributed by atoms with Gasteiger partial charge >= 0.3 is 0 Å². The molecule has 0 fully saturated rings. The van der Waals surface area contributed by atoms with Crippen molar-refractivity contribution < 1.29 is 0 Å². The first-order valence-corrected chi connectivity index (χ1v) is 6.23. The van der Waals surface area contributed by atoms with Crippen molar-refractivity contribution in [3.63, 3.8) is 0 Å². The van der Waals surface area contributed by atoms with Gasteiger partial charge in [0.15, 0.2) is 0 Å². The van der Waals surface area contributed by atoms with Crippen LogP contribution in [0, 0.1) is 0 Å². The quantitative estimate of drug-likeness (QED) is 0.594. The molecule has 0 spiro atoms. The van der Waals surface area contributed by atoms with Gasteiger partial charge in [0.1, 0.15) is 0 Å². The molecule has 0 saturated heterocycles. The van der Waals surface area contributed by atoms with E-state index in [0.29, 0.717) is 0 Å². The minimum atomic E-state index is 0.750. The normalized spacial score (nSPS) is 9.43. The Balaban J connectivity index is 0. The predicted molar refractivity (Wildman–Crippen MR) is 66.4 cm³/mol. The van der Waals surface area contributed by atoms with Crippen LogP contribution in [0.25, 0.3) is 0 Å². The van der Waals surface area contributed by atoms with E-state index in [4.69, 9.17) is 11.5 Å².